The smallest absolute Gasteiger partial charge is 0.192 e. The van der Waals surface area contributed by atoms with Crippen LogP contribution in [0, 0.1) is 0 Å². The van der Waals surface area contributed by atoms with Crippen LogP contribution in [0.5, 0.6) is 5.75 Å². The molecule has 1 heterocycles. The number of allylic oxidation sites excluding steroid dienone is 1. The fourth-order valence-corrected chi connectivity index (χ4v) is 3.60. The number of aryl methyl sites for hydroxylation is 1. The van der Waals surface area contributed by atoms with E-state index >= 15 is 0 Å². The van der Waals surface area contributed by atoms with Crippen molar-refractivity contribution in [1.29, 1.82) is 0 Å². The molecule has 0 saturated heterocycles. The molecule has 0 atom stereocenters. The lowest BCUT2D eigenvalue weighted by molar-refractivity contribution is 0.104. The number of aromatic nitrogens is 1. The Morgan fingerprint density at radius 1 is 1.25 bits per heavy atom. The third-order valence-corrected chi connectivity index (χ3v) is 10.0. The maximum atomic E-state index is 12.3. The molecule has 0 fully saturated rings. The van der Waals surface area contributed by atoms with E-state index in [1.165, 1.54) is 6.08 Å². The van der Waals surface area contributed by atoms with Crippen molar-refractivity contribution in [2.75, 3.05) is 6.61 Å². The molecule has 0 unspecified atom stereocenters. The SMILES string of the molecule is C=CC(=O)c1cc2cc(CO[Si](C)(C)C(C)(C)C)n(C)c2cc1OCC(=C)C. The van der Waals surface area contributed by atoms with E-state index in [-0.39, 0.29) is 10.8 Å². The van der Waals surface area contributed by atoms with Crippen molar-refractivity contribution < 1.29 is 14.0 Å². The third kappa shape index (κ3) is 4.65. The van der Waals surface area contributed by atoms with Crippen LogP contribution in [-0.2, 0) is 18.1 Å². The second-order valence-electron chi connectivity index (χ2n) is 8.97. The predicted octanol–water partition coefficient (Wildman–Crippen LogP) is 6.02. The van der Waals surface area contributed by atoms with Gasteiger partial charge in [-0.25, -0.2) is 0 Å². The highest BCUT2D eigenvalue weighted by Gasteiger charge is 2.37. The van der Waals surface area contributed by atoms with E-state index in [0.717, 1.165) is 22.2 Å². The first-order valence-electron chi connectivity index (χ1n) is 9.57. The van der Waals surface area contributed by atoms with Gasteiger partial charge in [0, 0.05) is 24.2 Å². The molecule has 1 aromatic heterocycles. The Hall–Kier alpha value is -2.11. The van der Waals surface area contributed by atoms with E-state index in [0.29, 0.717) is 24.5 Å². The summed E-state index contributed by atoms with van der Waals surface area (Å²) < 4.78 is 14.3. The van der Waals surface area contributed by atoms with Crippen molar-refractivity contribution >= 4 is 25.0 Å². The first-order valence-corrected chi connectivity index (χ1v) is 12.5. The topological polar surface area (TPSA) is 40.5 Å². The summed E-state index contributed by atoms with van der Waals surface area (Å²) in [5, 5.41) is 1.15. The predicted molar refractivity (Wildman–Crippen MR) is 120 cm³/mol. The van der Waals surface area contributed by atoms with Crippen LogP contribution in [0.2, 0.25) is 18.1 Å². The van der Waals surface area contributed by atoms with Crippen LogP contribution < -0.4 is 4.74 Å². The number of rotatable bonds is 8. The van der Waals surface area contributed by atoms with Gasteiger partial charge in [-0.2, -0.15) is 0 Å². The van der Waals surface area contributed by atoms with Crippen molar-refractivity contribution in [1.82, 2.24) is 4.57 Å². The van der Waals surface area contributed by atoms with Gasteiger partial charge in [0.1, 0.15) is 12.4 Å². The van der Waals surface area contributed by atoms with E-state index < -0.39 is 8.32 Å². The standard InChI is InChI=1S/C23H33NO3Si/c1-10-21(25)19-12-17-11-18(15-27-28(8,9)23(4,5)6)24(7)20(17)13-22(19)26-14-16(2)3/h10-13H,1-2,14-15H2,3-9H3. The molecule has 0 aliphatic carbocycles. The number of ether oxygens (including phenoxy) is 1. The second kappa shape index (κ2) is 8.09. The molecule has 2 aromatic rings. The Morgan fingerprint density at radius 2 is 1.89 bits per heavy atom. The molecule has 0 spiro atoms. The van der Waals surface area contributed by atoms with Crippen molar-refractivity contribution in [3.8, 4) is 5.75 Å². The van der Waals surface area contributed by atoms with E-state index in [9.17, 15) is 4.79 Å². The van der Waals surface area contributed by atoms with Gasteiger partial charge in [-0.1, -0.05) is 33.9 Å². The summed E-state index contributed by atoms with van der Waals surface area (Å²) in [4.78, 5) is 12.3. The second-order valence-corrected chi connectivity index (χ2v) is 13.8. The lowest BCUT2D eigenvalue weighted by Crippen LogP contribution is -2.40. The maximum Gasteiger partial charge on any atom is 0.192 e. The minimum atomic E-state index is -1.85. The molecule has 0 saturated carbocycles. The summed E-state index contributed by atoms with van der Waals surface area (Å²) in [6.07, 6.45) is 1.32. The van der Waals surface area contributed by atoms with Crippen LogP contribution in [0.3, 0.4) is 0 Å². The number of ketones is 1. The Balaban J connectivity index is 2.44. The Labute approximate surface area is 170 Å². The molecule has 0 bridgehead atoms. The van der Waals surface area contributed by atoms with Gasteiger partial charge < -0.3 is 13.7 Å². The first-order chi connectivity index (χ1) is 12.9. The highest BCUT2D eigenvalue weighted by atomic mass is 28.4. The normalized spacial score (nSPS) is 12.2. The average Bonchev–Trinajstić information content (AvgIpc) is 2.91. The Kier molecular flexibility index (Phi) is 6.41. The quantitative estimate of drug-likeness (QED) is 0.236. The third-order valence-electron chi connectivity index (χ3n) is 5.56. The molecule has 0 aliphatic heterocycles. The fourth-order valence-electron chi connectivity index (χ4n) is 2.66. The molecular formula is C23H33NO3Si. The molecule has 5 heteroatoms. The molecule has 1 aromatic carbocycles. The van der Waals surface area contributed by atoms with Gasteiger partial charge >= 0.3 is 0 Å². The average molecular weight is 400 g/mol. The fraction of sp³-hybridized carbons (Fsp3) is 0.435. The summed E-state index contributed by atoms with van der Waals surface area (Å²) in [6, 6.07) is 5.89. The van der Waals surface area contributed by atoms with Crippen molar-refractivity contribution in [2.24, 2.45) is 7.05 Å². The zero-order valence-electron chi connectivity index (χ0n) is 18.3. The molecule has 0 N–H and O–H groups in total. The lowest BCUT2D eigenvalue weighted by atomic mass is 10.1. The van der Waals surface area contributed by atoms with Crippen LogP contribution in [0.4, 0.5) is 0 Å². The molecule has 0 aliphatic rings. The van der Waals surface area contributed by atoms with Crippen LogP contribution in [-0.4, -0.2) is 25.3 Å². The minimum Gasteiger partial charge on any atom is -0.488 e. The largest absolute Gasteiger partial charge is 0.488 e. The summed E-state index contributed by atoms with van der Waals surface area (Å²) in [5.74, 6) is 0.403. The summed E-state index contributed by atoms with van der Waals surface area (Å²) in [5.41, 5.74) is 3.50. The van der Waals surface area contributed by atoms with Gasteiger partial charge in [0.2, 0.25) is 0 Å². The number of benzene rings is 1. The molecule has 152 valence electrons. The van der Waals surface area contributed by atoms with Crippen molar-refractivity contribution in [2.45, 2.75) is 52.4 Å². The molecular weight excluding hydrogens is 366 g/mol. The molecule has 0 radical (unpaired) electrons. The number of hydrogen-bond acceptors (Lipinski definition) is 3. The summed E-state index contributed by atoms with van der Waals surface area (Å²) in [6.45, 7) is 21.5. The highest BCUT2D eigenvalue weighted by molar-refractivity contribution is 6.74. The lowest BCUT2D eigenvalue weighted by Gasteiger charge is -2.36. The Morgan fingerprint density at radius 3 is 2.43 bits per heavy atom. The zero-order chi connectivity index (χ0) is 21.3. The van der Waals surface area contributed by atoms with Crippen molar-refractivity contribution in [3.63, 3.8) is 0 Å². The van der Waals surface area contributed by atoms with Crippen LogP contribution in [0.15, 0.2) is 43.0 Å². The van der Waals surface area contributed by atoms with Crippen LogP contribution in [0.1, 0.15) is 43.7 Å². The molecule has 4 nitrogen and oxygen atoms in total. The number of fused-ring (bicyclic) bond motifs is 1. The van der Waals surface area contributed by atoms with E-state index in [1.54, 1.807) is 0 Å². The van der Waals surface area contributed by atoms with Gasteiger partial charge in [-0.15, -0.1) is 0 Å². The number of nitrogens with zero attached hydrogens (tertiary/aromatic N) is 1. The Bertz CT molecular complexity index is 916. The number of carbonyl (C=O) groups excluding carboxylic acids is 1. The van der Waals surface area contributed by atoms with Gasteiger partial charge in [0.05, 0.1) is 17.7 Å². The summed E-state index contributed by atoms with van der Waals surface area (Å²) in [7, 11) is 0.173. The van der Waals surface area contributed by atoms with E-state index in [2.05, 4.69) is 57.7 Å². The van der Waals surface area contributed by atoms with E-state index in [1.807, 2.05) is 26.1 Å². The van der Waals surface area contributed by atoms with Crippen molar-refractivity contribution in [3.05, 3.63) is 54.3 Å². The first kappa shape index (κ1) is 22.2. The zero-order valence-corrected chi connectivity index (χ0v) is 19.3. The minimum absolute atomic E-state index is 0.151. The number of hydrogen-bond donors (Lipinski definition) is 0. The van der Waals surface area contributed by atoms with Gasteiger partial charge in [0.15, 0.2) is 14.1 Å². The van der Waals surface area contributed by atoms with Gasteiger partial charge in [-0.3, -0.25) is 4.79 Å². The molecule has 2 rings (SSSR count). The maximum absolute atomic E-state index is 12.3. The highest BCUT2D eigenvalue weighted by Crippen LogP contribution is 2.37. The molecule has 0 amide bonds. The van der Waals surface area contributed by atoms with Gasteiger partial charge in [-0.05, 0) is 48.8 Å². The van der Waals surface area contributed by atoms with Gasteiger partial charge in [0.25, 0.3) is 0 Å². The van der Waals surface area contributed by atoms with Crippen LogP contribution >= 0.6 is 0 Å². The number of carbonyl (C=O) groups is 1. The monoisotopic (exact) mass is 399 g/mol. The molecule has 28 heavy (non-hydrogen) atoms. The van der Waals surface area contributed by atoms with E-state index in [4.69, 9.17) is 9.16 Å². The van der Waals surface area contributed by atoms with Crippen LogP contribution in [0.25, 0.3) is 10.9 Å². The summed E-state index contributed by atoms with van der Waals surface area (Å²) >= 11 is 0.